The third kappa shape index (κ3) is 12.8. The van der Waals surface area contributed by atoms with E-state index in [1.165, 1.54) is 190 Å². The fraction of sp³-hybridized carbons (Fsp3) is 0.0164. The fourth-order valence-corrected chi connectivity index (χ4v) is 24.5. The Kier molecular flexibility index (Phi) is 19.5. The molecule has 0 bridgehead atoms. The molecule has 2 aliphatic rings. The van der Waals surface area contributed by atoms with Crippen molar-refractivity contribution in [3.05, 3.63) is 522 Å². The summed E-state index contributed by atoms with van der Waals surface area (Å²) in [5.74, 6) is 0. The van der Waals surface area contributed by atoms with E-state index >= 15 is 0 Å². The van der Waals surface area contributed by atoms with E-state index in [-0.39, 0.29) is 0 Å². The molecule has 20 aromatic carbocycles. The van der Waals surface area contributed by atoms with Gasteiger partial charge in [-0.3, -0.25) is 0 Å². The molecule has 2 aliphatic carbocycles. The van der Waals surface area contributed by atoms with Crippen LogP contribution in [0.1, 0.15) is 44.5 Å². The van der Waals surface area contributed by atoms with Crippen molar-refractivity contribution in [2.24, 2.45) is 0 Å². The number of thiophene rings is 2. The lowest BCUT2D eigenvalue weighted by atomic mass is 9.67. The van der Waals surface area contributed by atoms with Crippen molar-refractivity contribution in [1.29, 1.82) is 0 Å². The van der Waals surface area contributed by atoms with Crippen molar-refractivity contribution in [1.82, 2.24) is 9.13 Å². The van der Waals surface area contributed by atoms with Gasteiger partial charge in [-0.1, -0.05) is 410 Å². The fourth-order valence-electron chi connectivity index (χ4n) is 21.2. The highest BCUT2D eigenvalue weighted by molar-refractivity contribution is 9.10. The van der Waals surface area contributed by atoms with E-state index in [2.05, 4.69) is 468 Å². The normalized spacial score (nSPS) is 12.7. The Hall–Kier alpha value is -15.1. The second-order valence-corrected chi connectivity index (χ2v) is 36.8. The van der Waals surface area contributed by atoms with Crippen LogP contribution in [0.15, 0.2) is 478 Å². The molecule has 0 amide bonds. The molecular formula is C122H80BBrN2O2S2. The Labute approximate surface area is 770 Å². The minimum atomic E-state index is -1.51. The number of rotatable bonds is 12. The lowest BCUT2D eigenvalue weighted by Crippen LogP contribution is -2.31. The summed E-state index contributed by atoms with van der Waals surface area (Å²) in [5, 5.41) is 30.1. The Morgan fingerprint density at radius 3 is 1.00 bits per heavy atom. The van der Waals surface area contributed by atoms with Crippen molar-refractivity contribution < 1.29 is 10.0 Å². The summed E-state index contributed by atoms with van der Waals surface area (Å²) >= 11 is 7.70. The third-order valence-corrected chi connectivity index (χ3v) is 29.9. The second-order valence-electron chi connectivity index (χ2n) is 33.9. The average Bonchev–Trinajstić information content (AvgIpc) is 1.54. The van der Waals surface area contributed by atoms with Crippen LogP contribution in [0, 0.1) is 0 Å². The molecule has 4 nitrogen and oxygen atoms in total. The molecular weight excluding hydrogens is 1680 g/mol. The smallest absolute Gasteiger partial charge is 0.423 e. The summed E-state index contributed by atoms with van der Waals surface area (Å²) in [6.07, 6.45) is 0. The lowest BCUT2D eigenvalue weighted by molar-refractivity contribution is 0.426. The van der Waals surface area contributed by atoms with E-state index in [0.29, 0.717) is 5.46 Å². The first-order valence-corrected chi connectivity index (χ1v) is 46.7. The van der Waals surface area contributed by atoms with Crippen molar-refractivity contribution in [3.63, 3.8) is 0 Å². The van der Waals surface area contributed by atoms with Gasteiger partial charge in [0.1, 0.15) is 0 Å². The van der Waals surface area contributed by atoms with E-state index in [1.54, 1.807) is 0 Å². The molecule has 0 fully saturated rings. The van der Waals surface area contributed by atoms with Gasteiger partial charge < -0.3 is 19.2 Å². The van der Waals surface area contributed by atoms with Gasteiger partial charge in [0.2, 0.25) is 0 Å². The largest absolute Gasteiger partial charge is 0.488 e. The summed E-state index contributed by atoms with van der Waals surface area (Å²) < 4.78 is 11.3. The van der Waals surface area contributed by atoms with Crippen LogP contribution >= 0.6 is 38.6 Å². The summed E-state index contributed by atoms with van der Waals surface area (Å²) in [4.78, 5) is 0. The minimum Gasteiger partial charge on any atom is -0.423 e. The first-order valence-electron chi connectivity index (χ1n) is 44.2. The van der Waals surface area contributed by atoms with Crippen LogP contribution in [0.25, 0.3) is 173 Å². The highest BCUT2D eigenvalue weighted by atomic mass is 79.9. The van der Waals surface area contributed by atoms with E-state index in [1.807, 2.05) is 53.0 Å². The molecule has 0 atom stereocenters. The Morgan fingerprint density at radius 1 is 0.231 bits per heavy atom. The number of halogens is 1. The second kappa shape index (κ2) is 32.3. The van der Waals surface area contributed by atoms with Crippen LogP contribution in [0.5, 0.6) is 0 Å². The zero-order valence-corrected chi connectivity index (χ0v) is 73.8. The molecule has 612 valence electrons. The monoisotopic (exact) mass is 1760 g/mol. The summed E-state index contributed by atoms with van der Waals surface area (Å²) in [6.45, 7) is 0. The van der Waals surface area contributed by atoms with Gasteiger partial charge in [0.25, 0.3) is 0 Å². The molecule has 26 rings (SSSR count). The van der Waals surface area contributed by atoms with Crippen LogP contribution in [0.3, 0.4) is 0 Å². The van der Waals surface area contributed by atoms with Gasteiger partial charge in [0.15, 0.2) is 0 Å². The summed E-state index contributed by atoms with van der Waals surface area (Å²) in [5.41, 5.74) is 33.5. The number of aromatic nitrogens is 2. The van der Waals surface area contributed by atoms with E-state index in [9.17, 15) is 10.0 Å². The zero-order valence-electron chi connectivity index (χ0n) is 70.6. The SMILES string of the molecule is Brc1cc2c3ccccc3n(-c3cccc(-c4ccccc4)c3)c2c2sc3ccccc3c12.OB(O)c1ccc2c(c1)-c1ccc(-c3ccccc3)cc1C2(c1ccccc1)c1ccccc1.c1ccc(-c2cccc(-n3c4ccccc4c4cc(-c5ccc6c(c5)-c5ccc(-c7ccccc7)cc5C6(c5ccccc5)c5ccccc5)c5c6ccccc6sc5c43)c2)cc1. The molecule has 0 unspecified atom stereocenters. The molecule has 4 aromatic heterocycles. The average molecular weight is 1760 g/mol. The number of benzene rings is 20. The minimum absolute atomic E-state index is 0.494. The third-order valence-electron chi connectivity index (χ3n) is 26.9. The summed E-state index contributed by atoms with van der Waals surface area (Å²) in [6, 6.07) is 171. The molecule has 0 saturated carbocycles. The quantitative estimate of drug-likeness (QED) is 0.120. The molecule has 0 radical (unpaired) electrons. The Morgan fingerprint density at radius 2 is 0.569 bits per heavy atom. The highest BCUT2D eigenvalue weighted by Crippen LogP contribution is 2.60. The van der Waals surface area contributed by atoms with Gasteiger partial charge in [-0.2, -0.15) is 0 Å². The Balaban J connectivity index is 0.000000118. The standard InChI is InChI=1S/C61H39NS.C31H23BO2.C30H18BrNS/c1-5-18-40(19-6-1)42-22-17-27-47(36-42)62-56-30-15-13-28-49(56)53-39-51(58-50-29-14-16-31-57(50)63-60(58)59(53)62)44-33-35-54-52(37-44)48-34-32-43(41-20-7-2-8-21-41)38-55(48)61(54,45-23-9-3-10-24-45)46-25-11-4-12-26-46;33-32(34)26-17-19-29-28(21-26)27-18-16-23(22-10-4-1-5-11-22)20-30(27)31(29,24-12-6-2-7-13-24)25-14-8-3-9-15-25;31-25-18-24-22-13-4-6-15-26(22)32(21-12-8-11-20(17-21)19-9-2-1-3-10-19)29(24)30-28(25)23-14-5-7-16-27(23)33-30/h1-39H;1-21,33-34H;1-18H. The van der Waals surface area contributed by atoms with Crippen molar-refractivity contribution in [2.75, 3.05) is 0 Å². The number of hydrogen-bond donors (Lipinski definition) is 2. The lowest BCUT2D eigenvalue weighted by Gasteiger charge is -2.34. The number of nitrogens with zero attached hydrogens (tertiary/aromatic N) is 2. The molecule has 0 aliphatic heterocycles. The first kappa shape index (κ1) is 78.4. The van der Waals surface area contributed by atoms with Crippen LogP contribution < -0.4 is 5.46 Å². The molecule has 4 heterocycles. The van der Waals surface area contributed by atoms with Gasteiger partial charge in [0, 0.05) is 68.3 Å². The van der Waals surface area contributed by atoms with E-state index in [4.69, 9.17) is 0 Å². The van der Waals surface area contributed by atoms with Crippen LogP contribution in [-0.4, -0.2) is 26.3 Å². The van der Waals surface area contributed by atoms with Gasteiger partial charge in [-0.05, 0) is 207 Å². The number of para-hydroxylation sites is 2. The van der Waals surface area contributed by atoms with Crippen molar-refractivity contribution in [2.45, 2.75) is 10.8 Å². The maximum absolute atomic E-state index is 9.92. The van der Waals surface area contributed by atoms with Gasteiger partial charge in [0.05, 0.1) is 42.3 Å². The maximum Gasteiger partial charge on any atom is 0.488 e. The first-order chi connectivity index (χ1) is 64.2. The van der Waals surface area contributed by atoms with E-state index in [0.717, 1.165) is 32.4 Å². The number of hydrogen-bond acceptors (Lipinski definition) is 4. The summed E-state index contributed by atoms with van der Waals surface area (Å²) in [7, 11) is -1.51. The van der Waals surface area contributed by atoms with Crippen molar-refractivity contribution >= 4 is 135 Å². The predicted octanol–water partition coefficient (Wildman–Crippen LogP) is 31.5. The molecule has 2 N–H and O–H groups in total. The molecule has 8 heteroatoms. The number of fused-ring (bicyclic) bond motifs is 20. The van der Waals surface area contributed by atoms with Crippen LogP contribution in [-0.2, 0) is 10.8 Å². The molecule has 0 spiro atoms. The van der Waals surface area contributed by atoms with Crippen molar-refractivity contribution in [3.8, 4) is 89.3 Å². The predicted molar refractivity (Wildman–Crippen MR) is 553 cm³/mol. The molecule has 130 heavy (non-hydrogen) atoms. The zero-order chi connectivity index (χ0) is 86.5. The van der Waals surface area contributed by atoms with Gasteiger partial charge in [-0.15, -0.1) is 22.7 Å². The van der Waals surface area contributed by atoms with Crippen LogP contribution in [0.4, 0.5) is 0 Å². The Bertz CT molecular complexity index is 8430. The van der Waals surface area contributed by atoms with Gasteiger partial charge in [-0.25, -0.2) is 0 Å². The van der Waals surface area contributed by atoms with Crippen LogP contribution in [0.2, 0.25) is 0 Å². The molecule has 24 aromatic rings. The molecule has 0 saturated heterocycles. The maximum atomic E-state index is 9.92. The topological polar surface area (TPSA) is 50.3 Å². The highest BCUT2D eigenvalue weighted by Gasteiger charge is 2.48. The van der Waals surface area contributed by atoms with E-state index < -0.39 is 17.9 Å². The van der Waals surface area contributed by atoms with Gasteiger partial charge >= 0.3 is 7.12 Å².